The number of carbonyl (C=O) groups excluding carboxylic acids is 1. The minimum Gasteiger partial charge on any atom is -0.348 e. The summed E-state index contributed by atoms with van der Waals surface area (Å²) in [5.41, 5.74) is 3.56. The van der Waals surface area contributed by atoms with Gasteiger partial charge in [0, 0.05) is 31.2 Å². The van der Waals surface area contributed by atoms with Crippen LogP contribution in [-0.4, -0.2) is 46.7 Å². The predicted molar refractivity (Wildman–Crippen MR) is 101 cm³/mol. The van der Waals surface area contributed by atoms with E-state index in [-0.39, 0.29) is 11.9 Å². The summed E-state index contributed by atoms with van der Waals surface area (Å²) in [5, 5.41) is 10.3. The Morgan fingerprint density at radius 2 is 1.96 bits per heavy atom. The molecular weight excluding hydrogens is 312 g/mol. The number of rotatable bonds is 5. The fourth-order valence-electron chi connectivity index (χ4n) is 3.35. The molecule has 0 radical (unpaired) electrons. The van der Waals surface area contributed by atoms with Gasteiger partial charge in [0.05, 0.1) is 5.69 Å². The van der Waals surface area contributed by atoms with Crippen LogP contribution in [0, 0.1) is 12.8 Å². The molecule has 25 heavy (non-hydrogen) atoms. The molecule has 2 heterocycles. The zero-order valence-corrected chi connectivity index (χ0v) is 15.4. The summed E-state index contributed by atoms with van der Waals surface area (Å²) in [4.78, 5) is 15.0. The molecule has 0 aliphatic carbocycles. The van der Waals surface area contributed by atoms with Gasteiger partial charge >= 0.3 is 0 Å². The molecule has 0 unspecified atom stereocenters. The second-order valence-corrected chi connectivity index (χ2v) is 7.48. The third kappa shape index (κ3) is 4.69. The highest BCUT2D eigenvalue weighted by molar-refractivity contribution is 5.93. The van der Waals surface area contributed by atoms with Gasteiger partial charge in [0.1, 0.15) is 5.69 Å². The molecule has 1 aromatic carbocycles. The van der Waals surface area contributed by atoms with E-state index in [1.54, 1.807) is 0 Å². The Morgan fingerprint density at radius 3 is 2.60 bits per heavy atom. The zero-order valence-electron chi connectivity index (χ0n) is 15.4. The van der Waals surface area contributed by atoms with Gasteiger partial charge in [-0.1, -0.05) is 43.7 Å². The van der Waals surface area contributed by atoms with Crippen molar-refractivity contribution in [2.45, 2.75) is 39.7 Å². The molecule has 5 heteroatoms. The van der Waals surface area contributed by atoms with Crippen molar-refractivity contribution in [1.29, 1.82) is 0 Å². The summed E-state index contributed by atoms with van der Waals surface area (Å²) in [6.07, 6.45) is 2.02. The summed E-state index contributed by atoms with van der Waals surface area (Å²) < 4.78 is 0. The minimum atomic E-state index is -0.0619. The van der Waals surface area contributed by atoms with E-state index >= 15 is 0 Å². The highest BCUT2D eigenvalue weighted by Crippen LogP contribution is 2.19. The quantitative estimate of drug-likeness (QED) is 0.878. The molecule has 5 nitrogen and oxygen atoms in total. The van der Waals surface area contributed by atoms with Crippen LogP contribution in [0.25, 0.3) is 11.3 Å². The van der Waals surface area contributed by atoms with Crippen LogP contribution in [0.15, 0.2) is 30.3 Å². The molecule has 2 N–H and O–H groups in total. The number of aromatic amines is 1. The topological polar surface area (TPSA) is 61.0 Å². The number of aryl methyl sites for hydroxylation is 1. The van der Waals surface area contributed by atoms with Gasteiger partial charge in [0.2, 0.25) is 0 Å². The van der Waals surface area contributed by atoms with Gasteiger partial charge < -0.3 is 10.2 Å². The molecule has 1 fully saturated rings. The number of carbonyl (C=O) groups is 1. The Hall–Kier alpha value is -2.14. The molecule has 3 rings (SSSR count). The van der Waals surface area contributed by atoms with Crippen molar-refractivity contribution in [3.63, 3.8) is 0 Å². The van der Waals surface area contributed by atoms with Gasteiger partial charge in [0.15, 0.2) is 0 Å². The van der Waals surface area contributed by atoms with E-state index < -0.39 is 0 Å². The fraction of sp³-hybridized carbons (Fsp3) is 0.500. The van der Waals surface area contributed by atoms with E-state index in [4.69, 9.17) is 0 Å². The number of hydrogen-bond acceptors (Lipinski definition) is 3. The van der Waals surface area contributed by atoms with E-state index in [9.17, 15) is 4.79 Å². The lowest BCUT2D eigenvalue weighted by Crippen LogP contribution is -2.45. The van der Waals surface area contributed by atoms with Crippen molar-refractivity contribution < 1.29 is 4.79 Å². The lowest BCUT2D eigenvalue weighted by molar-refractivity contribution is 0.0902. The second kappa shape index (κ2) is 7.83. The average Bonchev–Trinajstić information content (AvgIpc) is 3.07. The van der Waals surface area contributed by atoms with Gasteiger partial charge in [-0.3, -0.25) is 9.89 Å². The van der Waals surface area contributed by atoms with Crippen LogP contribution >= 0.6 is 0 Å². The number of nitrogens with zero attached hydrogens (tertiary/aromatic N) is 2. The van der Waals surface area contributed by atoms with Crippen LogP contribution in [0.5, 0.6) is 0 Å². The van der Waals surface area contributed by atoms with Crippen molar-refractivity contribution in [1.82, 2.24) is 20.4 Å². The number of benzene rings is 1. The lowest BCUT2D eigenvalue weighted by atomic mass is 10.0. The highest BCUT2D eigenvalue weighted by Gasteiger charge is 2.22. The lowest BCUT2D eigenvalue weighted by Gasteiger charge is -2.33. The Balaban J connectivity index is 1.55. The molecular formula is C20H28N4O. The van der Waals surface area contributed by atoms with E-state index in [1.165, 1.54) is 5.56 Å². The van der Waals surface area contributed by atoms with Crippen LogP contribution in [0.4, 0.5) is 0 Å². The van der Waals surface area contributed by atoms with Crippen LogP contribution in [0.2, 0.25) is 0 Å². The molecule has 2 aromatic rings. The van der Waals surface area contributed by atoms with Gasteiger partial charge in [-0.25, -0.2) is 0 Å². The molecule has 1 saturated heterocycles. The van der Waals surface area contributed by atoms with Crippen LogP contribution in [0.1, 0.15) is 42.7 Å². The van der Waals surface area contributed by atoms with Crippen LogP contribution in [-0.2, 0) is 0 Å². The molecule has 0 bridgehead atoms. The maximum atomic E-state index is 12.5. The highest BCUT2D eigenvalue weighted by atomic mass is 16.2. The van der Waals surface area contributed by atoms with Crippen molar-refractivity contribution in [2.24, 2.45) is 5.92 Å². The molecule has 1 aromatic heterocycles. The third-order valence-electron chi connectivity index (χ3n) is 4.72. The Labute approximate surface area is 149 Å². The largest absolute Gasteiger partial charge is 0.348 e. The van der Waals surface area contributed by atoms with Gasteiger partial charge in [-0.05, 0) is 31.7 Å². The predicted octanol–water partition coefficient (Wildman–Crippen LogP) is 3.24. The third-order valence-corrected chi connectivity index (χ3v) is 4.72. The number of aromatic nitrogens is 2. The SMILES string of the molecule is Cc1ccc(-c2cc(C(=O)NC3CCN(CC(C)C)CC3)[nH]n2)cc1. The standard InChI is InChI=1S/C20H28N4O/c1-14(2)13-24-10-8-17(9-11-24)21-20(25)19-12-18(22-23-19)16-6-4-15(3)5-7-16/h4-7,12,14,17H,8-11,13H2,1-3H3,(H,21,25)(H,22,23). The van der Waals surface area contributed by atoms with Crippen molar-refractivity contribution in [3.8, 4) is 11.3 Å². The molecule has 134 valence electrons. The first kappa shape index (κ1) is 17.7. The summed E-state index contributed by atoms with van der Waals surface area (Å²) in [5.74, 6) is 0.629. The normalized spacial score (nSPS) is 16.3. The van der Waals surface area contributed by atoms with Crippen molar-refractivity contribution in [3.05, 3.63) is 41.6 Å². The number of amides is 1. The molecule has 0 saturated carbocycles. The smallest absolute Gasteiger partial charge is 0.269 e. The monoisotopic (exact) mass is 340 g/mol. The first-order valence-corrected chi connectivity index (χ1v) is 9.17. The Morgan fingerprint density at radius 1 is 1.28 bits per heavy atom. The van der Waals surface area contributed by atoms with Crippen LogP contribution < -0.4 is 5.32 Å². The Bertz CT molecular complexity index is 697. The molecule has 1 amide bonds. The first-order chi connectivity index (χ1) is 12.0. The summed E-state index contributed by atoms with van der Waals surface area (Å²) in [6, 6.07) is 10.2. The molecule has 0 spiro atoms. The summed E-state index contributed by atoms with van der Waals surface area (Å²) in [7, 11) is 0. The minimum absolute atomic E-state index is 0.0619. The number of likely N-dealkylation sites (tertiary alicyclic amines) is 1. The fourth-order valence-corrected chi connectivity index (χ4v) is 3.35. The number of piperidine rings is 1. The summed E-state index contributed by atoms with van der Waals surface area (Å²) >= 11 is 0. The van der Waals surface area contributed by atoms with Gasteiger partial charge in [-0.15, -0.1) is 0 Å². The van der Waals surface area contributed by atoms with Crippen molar-refractivity contribution in [2.75, 3.05) is 19.6 Å². The first-order valence-electron chi connectivity index (χ1n) is 9.17. The Kier molecular flexibility index (Phi) is 5.53. The number of nitrogens with one attached hydrogen (secondary N) is 2. The van der Waals surface area contributed by atoms with E-state index in [0.717, 1.165) is 43.7 Å². The average molecular weight is 340 g/mol. The van der Waals surface area contributed by atoms with E-state index in [0.29, 0.717) is 11.6 Å². The maximum absolute atomic E-state index is 12.5. The maximum Gasteiger partial charge on any atom is 0.269 e. The zero-order chi connectivity index (χ0) is 17.8. The molecule has 0 atom stereocenters. The number of hydrogen-bond donors (Lipinski definition) is 2. The van der Waals surface area contributed by atoms with Gasteiger partial charge in [-0.2, -0.15) is 5.10 Å². The molecule has 1 aliphatic rings. The second-order valence-electron chi connectivity index (χ2n) is 7.48. The summed E-state index contributed by atoms with van der Waals surface area (Å²) in [6.45, 7) is 9.80. The van der Waals surface area contributed by atoms with Crippen LogP contribution in [0.3, 0.4) is 0 Å². The van der Waals surface area contributed by atoms with E-state index in [2.05, 4.69) is 53.3 Å². The molecule has 1 aliphatic heterocycles. The van der Waals surface area contributed by atoms with Crippen molar-refractivity contribution >= 4 is 5.91 Å². The van der Waals surface area contributed by atoms with E-state index in [1.807, 2.05) is 18.2 Å². The number of H-pyrrole nitrogens is 1. The van der Waals surface area contributed by atoms with Gasteiger partial charge in [0.25, 0.3) is 5.91 Å².